The van der Waals surface area contributed by atoms with Crippen LogP contribution < -0.4 is 5.32 Å². The van der Waals surface area contributed by atoms with Crippen LogP contribution in [0.3, 0.4) is 0 Å². The number of aryl methyl sites for hydroxylation is 1. The molecule has 0 bridgehead atoms. The molecule has 0 aromatic carbocycles. The second-order valence-corrected chi connectivity index (χ2v) is 6.82. The summed E-state index contributed by atoms with van der Waals surface area (Å²) in [5.74, 6) is 1.93. The Bertz CT molecular complexity index is 526. The molecule has 1 fully saturated rings. The SMILES string of the molecule is CC(NC(c1cccs1)c1nccn1C)C1CCCC1. The van der Waals surface area contributed by atoms with Gasteiger partial charge >= 0.3 is 0 Å². The van der Waals surface area contributed by atoms with E-state index in [1.165, 1.54) is 30.6 Å². The first kappa shape index (κ1) is 13.8. The Labute approximate surface area is 125 Å². The number of nitrogens with one attached hydrogen (secondary N) is 1. The molecule has 108 valence electrons. The fourth-order valence-electron chi connectivity index (χ4n) is 3.25. The Morgan fingerprint density at radius 2 is 2.20 bits per heavy atom. The molecule has 2 aromatic rings. The number of rotatable bonds is 5. The van der Waals surface area contributed by atoms with E-state index in [0.717, 1.165) is 11.7 Å². The van der Waals surface area contributed by atoms with Gasteiger partial charge < -0.3 is 9.88 Å². The van der Waals surface area contributed by atoms with Crippen LogP contribution >= 0.6 is 11.3 Å². The summed E-state index contributed by atoms with van der Waals surface area (Å²) in [5.41, 5.74) is 0. The summed E-state index contributed by atoms with van der Waals surface area (Å²) in [5, 5.41) is 5.98. The van der Waals surface area contributed by atoms with Crippen LogP contribution in [0.5, 0.6) is 0 Å². The highest BCUT2D eigenvalue weighted by Gasteiger charge is 2.27. The van der Waals surface area contributed by atoms with Crippen molar-refractivity contribution in [2.75, 3.05) is 0 Å². The van der Waals surface area contributed by atoms with Crippen LogP contribution in [0.1, 0.15) is 49.4 Å². The van der Waals surface area contributed by atoms with Crippen LogP contribution in [0, 0.1) is 5.92 Å². The van der Waals surface area contributed by atoms with Gasteiger partial charge in [-0.3, -0.25) is 0 Å². The van der Waals surface area contributed by atoms with Gasteiger partial charge in [0.15, 0.2) is 0 Å². The predicted octanol–water partition coefficient (Wildman–Crippen LogP) is 3.74. The summed E-state index contributed by atoms with van der Waals surface area (Å²) in [6.07, 6.45) is 9.43. The molecule has 4 heteroatoms. The highest BCUT2D eigenvalue weighted by atomic mass is 32.1. The van der Waals surface area contributed by atoms with Gasteiger partial charge in [-0.1, -0.05) is 18.9 Å². The lowest BCUT2D eigenvalue weighted by atomic mass is 9.98. The molecule has 0 radical (unpaired) electrons. The van der Waals surface area contributed by atoms with Crippen molar-refractivity contribution in [2.24, 2.45) is 13.0 Å². The molecule has 3 rings (SSSR count). The van der Waals surface area contributed by atoms with Gasteiger partial charge in [0.05, 0.1) is 0 Å². The molecule has 2 aromatic heterocycles. The summed E-state index contributed by atoms with van der Waals surface area (Å²) >= 11 is 1.81. The molecule has 3 nitrogen and oxygen atoms in total. The van der Waals surface area contributed by atoms with E-state index < -0.39 is 0 Å². The van der Waals surface area contributed by atoms with Crippen LogP contribution in [0.2, 0.25) is 0 Å². The molecule has 1 aliphatic carbocycles. The van der Waals surface area contributed by atoms with Gasteiger partial charge in [-0.2, -0.15) is 0 Å². The van der Waals surface area contributed by atoms with E-state index in [2.05, 4.69) is 46.4 Å². The van der Waals surface area contributed by atoms with E-state index in [1.54, 1.807) is 11.3 Å². The lowest BCUT2D eigenvalue weighted by Gasteiger charge is -2.26. The van der Waals surface area contributed by atoms with Crippen molar-refractivity contribution < 1.29 is 0 Å². The lowest BCUT2D eigenvalue weighted by Crippen LogP contribution is -2.36. The highest BCUT2D eigenvalue weighted by Crippen LogP contribution is 2.31. The highest BCUT2D eigenvalue weighted by molar-refractivity contribution is 7.10. The molecule has 1 N–H and O–H groups in total. The van der Waals surface area contributed by atoms with Crippen LogP contribution in [-0.2, 0) is 7.05 Å². The molecule has 1 aliphatic rings. The maximum Gasteiger partial charge on any atom is 0.131 e. The van der Waals surface area contributed by atoms with Crippen LogP contribution in [0.4, 0.5) is 0 Å². The number of nitrogens with zero attached hydrogens (tertiary/aromatic N) is 2. The molecule has 0 saturated heterocycles. The second kappa shape index (κ2) is 6.10. The number of aromatic nitrogens is 2. The molecule has 0 aliphatic heterocycles. The fourth-order valence-corrected chi connectivity index (χ4v) is 4.03. The molecule has 20 heavy (non-hydrogen) atoms. The quantitative estimate of drug-likeness (QED) is 0.908. The topological polar surface area (TPSA) is 29.9 Å². The van der Waals surface area contributed by atoms with Crippen molar-refractivity contribution in [3.05, 3.63) is 40.6 Å². The Kier molecular flexibility index (Phi) is 4.22. The number of thiophene rings is 1. The Hall–Kier alpha value is -1.13. The largest absolute Gasteiger partial charge is 0.336 e. The number of hydrogen-bond donors (Lipinski definition) is 1. The average Bonchev–Trinajstić information content (AvgIpc) is 3.18. The average molecular weight is 289 g/mol. The summed E-state index contributed by atoms with van der Waals surface area (Å²) in [6, 6.07) is 5.09. The van der Waals surface area contributed by atoms with E-state index in [4.69, 9.17) is 0 Å². The molecule has 0 spiro atoms. The van der Waals surface area contributed by atoms with Gasteiger partial charge in [-0.25, -0.2) is 4.98 Å². The lowest BCUT2D eigenvalue weighted by molar-refractivity contribution is 0.355. The zero-order chi connectivity index (χ0) is 13.9. The third kappa shape index (κ3) is 2.81. The molecule has 2 unspecified atom stereocenters. The zero-order valence-corrected chi connectivity index (χ0v) is 13.1. The minimum atomic E-state index is 0.214. The Morgan fingerprint density at radius 1 is 1.40 bits per heavy atom. The molecule has 2 atom stereocenters. The van der Waals surface area contributed by atoms with E-state index >= 15 is 0 Å². The zero-order valence-electron chi connectivity index (χ0n) is 12.2. The van der Waals surface area contributed by atoms with Crippen LogP contribution in [-0.4, -0.2) is 15.6 Å². The van der Waals surface area contributed by atoms with E-state index in [9.17, 15) is 0 Å². The van der Waals surface area contributed by atoms with Crippen LogP contribution in [0.15, 0.2) is 29.9 Å². The fraction of sp³-hybridized carbons (Fsp3) is 0.562. The van der Waals surface area contributed by atoms with E-state index in [0.29, 0.717) is 6.04 Å². The van der Waals surface area contributed by atoms with Crippen molar-refractivity contribution in [3.63, 3.8) is 0 Å². The summed E-state index contributed by atoms with van der Waals surface area (Å²) in [4.78, 5) is 5.91. The third-order valence-electron chi connectivity index (χ3n) is 4.48. The van der Waals surface area contributed by atoms with Gasteiger partial charge in [0.25, 0.3) is 0 Å². The second-order valence-electron chi connectivity index (χ2n) is 5.84. The first-order valence-electron chi connectivity index (χ1n) is 7.52. The van der Waals surface area contributed by atoms with E-state index in [1.807, 2.05) is 12.4 Å². The number of hydrogen-bond acceptors (Lipinski definition) is 3. The molecular formula is C16H23N3S. The van der Waals surface area contributed by atoms with Crippen molar-refractivity contribution in [1.29, 1.82) is 0 Å². The standard InChI is InChI=1S/C16H23N3S/c1-12(13-6-3-4-7-13)18-15(14-8-5-11-20-14)16-17-9-10-19(16)2/h5,8-13,15,18H,3-4,6-7H2,1-2H3. The van der Waals surface area contributed by atoms with Crippen molar-refractivity contribution >= 4 is 11.3 Å². The Balaban J connectivity index is 1.81. The molecule has 2 heterocycles. The first-order valence-corrected chi connectivity index (χ1v) is 8.40. The van der Waals surface area contributed by atoms with Gasteiger partial charge in [0, 0.05) is 30.4 Å². The Morgan fingerprint density at radius 3 is 2.80 bits per heavy atom. The van der Waals surface area contributed by atoms with E-state index in [-0.39, 0.29) is 6.04 Å². The van der Waals surface area contributed by atoms with Crippen molar-refractivity contribution in [1.82, 2.24) is 14.9 Å². The van der Waals surface area contributed by atoms with Crippen molar-refractivity contribution in [3.8, 4) is 0 Å². The first-order chi connectivity index (χ1) is 9.75. The van der Waals surface area contributed by atoms with Gasteiger partial charge in [0.2, 0.25) is 0 Å². The van der Waals surface area contributed by atoms with Gasteiger partial charge in [0.1, 0.15) is 11.9 Å². The van der Waals surface area contributed by atoms with Crippen LogP contribution in [0.25, 0.3) is 0 Å². The predicted molar refractivity (Wildman–Crippen MR) is 83.9 cm³/mol. The number of imidazole rings is 1. The van der Waals surface area contributed by atoms with Crippen molar-refractivity contribution in [2.45, 2.75) is 44.7 Å². The summed E-state index contributed by atoms with van der Waals surface area (Å²) in [7, 11) is 2.07. The summed E-state index contributed by atoms with van der Waals surface area (Å²) < 4.78 is 2.12. The molecule has 1 saturated carbocycles. The normalized spacial score (nSPS) is 19.3. The minimum absolute atomic E-state index is 0.214. The van der Waals surface area contributed by atoms with Gasteiger partial charge in [-0.05, 0) is 37.1 Å². The minimum Gasteiger partial charge on any atom is -0.336 e. The van der Waals surface area contributed by atoms with Gasteiger partial charge in [-0.15, -0.1) is 11.3 Å². The maximum atomic E-state index is 4.56. The monoisotopic (exact) mass is 289 g/mol. The smallest absolute Gasteiger partial charge is 0.131 e. The summed E-state index contributed by atoms with van der Waals surface area (Å²) in [6.45, 7) is 2.33. The maximum absolute atomic E-state index is 4.56. The molecule has 0 amide bonds. The molecular weight excluding hydrogens is 266 g/mol. The third-order valence-corrected chi connectivity index (χ3v) is 5.42.